The minimum absolute atomic E-state index is 0.0966. The normalized spacial score (nSPS) is 20.1. The van der Waals surface area contributed by atoms with Crippen LogP contribution in [0, 0.1) is 6.92 Å². The maximum atomic E-state index is 12.0. The molecule has 1 unspecified atom stereocenters. The van der Waals surface area contributed by atoms with Crippen molar-refractivity contribution in [3.8, 4) is 0 Å². The second kappa shape index (κ2) is 5.85. The van der Waals surface area contributed by atoms with Crippen molar-refractivity contribution < 1.29 is 9.53 Å². The summed E-state index contributed by atoms with van der Waals surface area (Å²) in [6.07, 6.45) is 4.18. The van der Waals surface area contributed by atoms with Crippen LogP contribution in [-0.4, -0.2) is 28.3 Å². The number of ketones is 1. The molecule has 100 valence electrons. The molecule has 0 aromatic carbocycles. The number of aromatic nitrogens is 2. The van der Waals surface area contributed by atoms with E-state index in [1.807, 2.05) is 14.0 Å². The number of ether oxygens (including phenoxy) is 1. The van der Waals surface area contributed by atoms with Gasteiger partial charge in [-0.05, 0) is 26.2 Å². The summed E-state index contributed by atoms with van der Waals surface area (Å²) in [6.45, 7) is 2.63. The van der Waals surface area contributed by atoms with Crippen LogP contribution in [0.3, 0.4) is 0 Å². The summed E-state index contributed by atoms with van der Waals surface area (Å²) in [4.78, 5) is 12.0. The van der Waals surface area contributed by atoms with Gasteiger partial charge in [0.25, 0.3) is 0 Å². The summed E-state index contributed by atoms with van der Waals surface area (Å²) in [6, 6.07) is 0. The summed E-state index contributed by atoms with van der Waals surface area (Å²) in [7, 11) is 1.82. The molecule has 4 nitrogen and oxygen atoms in total. The number of hydrogen-bond donors (Lipinski definition) is 0. The lowest BCUT2D eigenvalue weighted by Crippen LogP contribution is -2.23. The van der Waals surface area contributed by atoms with Crippen molar-refractivity contribution in [3.63, 3.8) is 0 Å². The van der Waals surface area contributed by atoms with E-state index in [1.54, 1.807) is 4.68 Å². The summed E-state index contributed by atoms with van der Waals surface area (Å²) >= 11 is 6.13. The summed E-state index contributed by atoms with van der Waals surface area (Å²) < 4.78 is 7.27. The van der Waals surface area contributed by atoms with Crippen LogP contribution in [0.2, 0.25) is 5.02 Å². The Morgan fingerprint density at radius 2 is 2.33 bits per heavy atom. The Hall–Kier alpha value is -0.870. The Labute approximate surface area is 112 Å². The molecule has 0 N–H and O–H groups in total. The molecule has 1 fully saturated rings. The van der Waals surface area contributed by atoms with Gasteiger partial charge in [-0.25, -0.2) is 0 Å². The zero-order valence-corrected chi connectivity index (χ0v) is 11.7. The van der Waals surface area contributed by atoms with Gasteiger partial charge >= 0.3 is 0 Å². The lowest BCUT2D eigenvalue weighted by Gasteiger charge is -2.21. The third-order valence-electron chi connectivity index (χ3n) is 3.36. The van der Waals surface area contributed by atoms with Gasteiger partial charge in [-0.15, -0.1) is 0 Å². The molecule has 5 heteroatoms. The average Bonchev–Trinajstić information content (AvgIpc) is 2.57. The molecule has 1 aromatic rings. The van der Waals surface area contributed by atoms with Crippen molar-refractivity contribution >= 4 is 17.4 Å². The van der Waals surface area contributed by atoms with Crippen LogP contribution < -0.4 is 0 Å². The van der Waals surface area contributed by atoms with E-state index in [0.29, 0.717) is 17.9 Å². The number of rotatable bonds is 4. The molecule has 0 radical (unpaired) electrons. The van der Waals surface area contributed by atoms with Crippen molar-refractivity contribution in [2.75, 3.05) is 6.61 Å². The van der Waals surface area contributed by atoms with Crippen molar-refractivity contribution in [2.24, 2.45) is 7.05 Å². The second-order valence-electron chi connectivity index (χ2n) is 4.88. The largest absolute Gasteiger partial charge is 0.378 e. The number of halogens is 1. The standard InChI is InChI=1S/C13H19ClN2O2/c1-9-13(14)12(16(2)15-9)8-10(17)7-11-5-3-4-6-18-11/h11H,3-8H2,1-2H3. The third kappa shape index (κ3) is 3.12. The molecule has 1 aromatic heterocycles. The molecule has 18 heavy (non-hydrogen) atoms. The van der Waals surface area contributed by atoms with E-state index in [1.165, 1.54) is 0 Å². The Balaban J connectivity index is 1.94. The van der Waals surface area contributed by atoms with E-state index in [9.17, 15) is 4.79 Å². The van der Waals surface area contributed by atoms with E-state index < -0.39 is 0 Å². The third-order valence-corrected chi connectivity index (χ3v) is 3.85. The molecule has 1 aliphatic heterocycles. The van der Waals surface area contributed by atoms with Crippen molar-refractivity contribution in [1.29, 1.82) is 0 Å². The minimum Gasteiger partial charge on any atom is -0.378 e. The Bertz CT molecular complexity index is 436. The monoisotopic (exact) mass is 270 g/mol. The quantitative estimate of drug-likeness (QED) is 0.844. The maximum Gasteiger partial charge on any atom is 0.141 e. The van der Waals surface area contributed by atoms with Crippen LogP contribution in [-0.2, 0) is 23.0 Å². The summed E-state index contributed by atoms with van der Waals surface area (Å²) in [5.74, 6) is 0.173. The molecule has 2 heterocycles. The molecular weight excluding hydrogens is 252 g/mol. The topological polar surface area (TPSA) is 44.1 Å². The lowest BCUT2D eigenvalue weighted by atomic mass is 10.0. The number of Topliss-reactive ketones (excluding diaryl/α,β-unsaturated/α-hetero) is 1. The molecule has 0 saturated carbocycles. The molecule has 0 spiro atoms. The molecule has 1 saturated heterocycles. The first kappa shape index (κ1) is 13.6. The molecule has 0 aliphatic carbocycles. The lowest BCUT2D eigenvalue weighted by molar-refractivity contribution is -0.122. The highest BCUT2D eigenvalue weighted by atomic mass is 35.5. The Kier molecular flexibility index (Phi) is 4.40. The average molecular weight is 271 g/mol. The molecule has 1 aliphatic rings. The highest BCUT2D eigenvalue weighted by Crippen LogP contribution is 2.22. The molecule has 0 bridgehead atoms. The Morgan fingerprint density at radius 1 is 1.56 bits per heavy atom. The van der Waals surface area contributed by atoms with Gasteiger partial charge in [0, 0.05) is 26.5 Å². The predicted molar refractivity (Wildman–Crippen MR) is 69.9 cm³/mol. The number of nitrogens with zero attached hydrogens (tertiary/aromatic N) is 2. The fourth-order valence-electron chi connectivity index (χ4n) is 2.35. The van der Waals surface area contributed by atoms with Gasteiger partial charge in [0.1, 0.15) is 5.78 Å². The van der Waals surface area contributed by atoms with Gasteiger partial charge in [0.2, 0.25) is 0 Å². The molecule has 2 rings (SSSR count). The number of carbonyl (C=O) groups is 1. The van der Waals surface area contributed by atoms with Crippen LogP contribution in [0.15, 0.2) is 0 Å². The highest BCUT2D eigenvalue weighted by Gasteiger charge is 2.20. The summed E-state index contributed by atoms with van der Waals surface area (Å²) in [5.41, 5.74) is 1.57. The second-order valence-corrected chi connectivity index (χ2v) is 5.26. The van der Waals surface area contributed by atoms with E-state index in [4.69, 9.17) is 16.3 Å². The van der Waals surface area contributed by atoms with Crippen LogP contribution in [0.1, 0.15) is 37.1 Å². The highest BCUT2D eigenvalue weighted by molar-refractivity contribution is 6.32. The van der Waals surface area contributed by atoms with E-state index >= 15 is 0 Å². The van der Waals surface area contributed by atoms with Gasteiger partial charge in [0.15, 0.2) is 0 Å². The first-order chi connectivity index (χ1) is 8.58. The van der Waals surface area contributed by atoms with Crippen LogP contribution >= 0.6 is 11.6 Å². The number of aryl methyl sites for hydroxylation is 2. The first-order valence-electron chi connectivity index (χ1n) is 6.39. The number of carbonyl (C=O) groups excluding carboxylic acids is 1. The smallest absolute Gasteiger partial charge is 0.141 e. The van der Waals surface area contributed by atoms with Crippen LogP contribution in [0.4, 0.5) is 0 Å². The minimum atomic E-state index is 0.0966. The maximum absolute atomic E-state index is 12.0. The van der Waals surface area contributed by atoms with Crippen molar-refractivity contribution in [2.45, 2.75) is 45.1 Å². The summed E-state index contributed by atoms with van der Waals surface area (Å²) in [5, 5.41) is 4.82. The molecule has 0 amide bonds. The van der Waals surface area contributed by atoms with Gasteiger partial charge in [-0.3, -0.25) is 9.48 Å². The van der Waals surface area contributed by atoms with E-state index in [-0.39, 0.29) is 11.9 Å². The predicted octanol–water partition coefficient (Wildman–Crippen LogP) is 2.45. The van der Waals surface area contributed by atoms with Crippen molar-refractivity contribution in [3.05, 3.63) is 16.4 Å². The van der Waals surface area contributed by atoms with Crippen molar-refractivity contribution in [1.82, 2.24) is 9.78 Å². The fraction of sp³-hybridized carbons (Fsp3) is 0.692. The SMILES string of the molecule is Cc1nn(C)c(CC(=O)CC2CCCCO2)c1Cl. The van der Waals surface area contributed by atoms with Crippen LogP contribution in [0.25, 0.3) is 0 Å². The van der Waals surface area contributed by atoms with Gasteiger partial charge in [0.05, 0.1) is 22.5 Å². The van der Waals surface area contributed by atoms with Gasteiger partial charge in [-0.2, -0.15) is 5.10 Å². The van der Waals surface area contributed by atoms with Gasteiger partial charge in [-0.1, -0.05) is 11.6 Å². The zero-order chi connectivity index (χ0) is 13.1. The Morgan fingerprint density at radius 3 is 2.89 bits per heavy atom. The van der Waals surface area contributed by atoms with E-state index in [2.05, 4.69) is 5.10 Å². The molecule has 1 atom stereocenters. The number of hydrogen-bond acceptors (Lipinski definition) is 3. The van der Waals surface area contributed by atoms with E-state index in [0.717, 1.165) is 37.3 Å². The first-order valence-corrected chi connectivity index (χ1v) is 6.77. The zero-order valence-electron chi connectivity index (χ0n) is 10.9. The molecular formula is C13H19ClN2O2. The van der Waals surface area contributed by atoms with Gasteiger partial charge < -0.3 is 4.74 Å². The van der Waals surface area contributed by atoms with Crippen LogP contribution in [0.5, 0.6) is 0 Å². The fourth-order valence-corrected chi connectivity index (χ4v) is 2.58.